The summed E-state index contributed by atoms with van der Waals surface area (Å²) in [5, 5.41) is 0.870. The van der Waals surface area contributed by atoms with Crippen molar-refractivity contribution in [1.82, 2.24) is 14.1 Å². The molecule has 0 aliphatic carbocycles. The van der Waals surface area contributed by atoms with Gasteiger partial charge in [-0.2, -0.15) is 0 Å². The number of aromatic nitrogens is 3. The van der Waals surface area contributed by atoms with Gasteiger partial charge in [-0.15, -0.1) is 0 Å². The minimum Gasteiger partial charge on any atom is -0.396 e. The van der Waals surface area contributed by atoms with E-state index in [4.69, 9.17) is 17.3 Å². The third kappa shape index (κ3) is 3.02. The van der Waals surface area contributed by atoms with E-state index in [1.807, 2.05) is 31.2 Å². The zero-order chi connectivity index (χ0) is 20.9. The lowest BCUT2D eigenvalue weighted by atomic mass is 9.97. The summed E-state index contributed by atoms with van der Waals surface area (Å²) in [6, 6.07) is 14.8. The second-order valence-electron chi connectivity index (χ2n) is 7.03. The summed E-state index contributed by atoms with van der Waals surface area (Å²) in [7, 11) is 3.04. The molecule has 0 atom stereocenters. The smallest absolute Gasteiger partial charge is 0.332 e. The topological polar surface area (TPSA) is 82.9 Å². The number of benzene rings is 2. The Morgan fingerprint density at radius 3 is 2.10 bits per heavy atom. The third-order valence-corrected chi connectivity index (χ3v) is 5.34. The van der Waals surface area contributed by atoms with Crippen molar-refractivity contribution in [2.75, 3.05) is 5.73 Å². The molecular formula is C22H19ClN4O2. The van der Waals surface area contributed by atoms with Crippen LogP contribution in [0.1, 0.15) is 5.56 Å². The van der Waals surface area contributed by atoms with Crippen molar-refractivity contribution in [3.63, 3.8) is 0 Å². The van der Waals surface area contributed by atoms with E-state index in [2.05, 4.69) is 4.98 Å². The van der Waals surface area contributed by atoms with Crippen molar-refractivity contribution in [2.45, 2.75) is 6.92 Å². The molecule has 7 heteroatoms. The molecule has 0 spiro atoms. The summed E-state index contributed by atoms with van der Waals surface area (Å²) >= 11 is 6.05. The van der Waals surface area contributed by atoms with Gasteiger partial charge < -0.3 is 5.73 Å². The fourth-order valence-electron chi connectivity index (χ4n) is 3.45. The summed E-state index contributed by atoms with van der Waals surface area (Å²) in [4.78, 5) is 30.2. The fraction of sp³-hybridized carbons (Fsp3) is 0.136. The van der Waals surface area contributed by atoms with Gasteiger partial charge in [-0.25, -0.2) is 9.78 Å². The molecule has 0 aliphatic heterocycles. The molecule has 4 rings (SSSR count). The van der Waals surface area contributed by atoms with Gasteiger partial charge in [0.25, 0.3) is 5.56 Å². The number of pyridine rings is 1. The zero-order valence-corrected chi connectivity index (χ0v) is 17.0. The molecule has 0 amide bonds. The average Bonchev–Trinajstić information content (AvgIpc) is 2.72. The Labute approximate surface area is 171 Å². The summed E-state index contributed by atoms with van der Waals surface area (Å²) < 4.78 is 2.43. The van der Waals surface area contributed by atoms with E-state index in [9.17, 15) is 9.59 Å². The van der Waals surface area contributed by atoms with Crippen molar-refractivity contribution in [3.8, 4) is 22.4 Å². The lowest BCUT2D eigenvalue weighted by Crippen LogP contribution is -2.37. The Hall–Kier alpha value is -3.38. The van der Waals surface area contributed by atoms with Crippen LogP contribution in [0.3, 0.4) is 0 Å². The maximum absolute atomic E-state index is 13.0. The Morgan fingerprint density at radius 2 is 1.48 bits per heavy atom. The van der Waals surface area contributed by atoms with Gasteiger partial charge in [0.15, 0.2) is 5.65 Å². The van der Waals surface area contributed by atoms with Gasteiger partial charge in [-0.05, 0) is 24.6 Å². The molecule has 0 saturated heterocycles. The van der Waals surface area contributed by atoms with E-state index in [1.165, 1.54) is 11.6 Å². The van der Waals surface area contributed by atoms with Gasteiger partial charge in [-0.1, -0.05) is 53.6 Å². The van der Waals surface area contributed by atoms with Crippen LogP contribution in [0.4, 0.5) is 5.69 Å². The molecule has 29 heavy (non-hydrogen) atoms. The maximum atomic E-state index is 13.0. The zero-order valence-electron chi connectivity index (χ0n) is 16.2. The number of aryl methyl sites for hydroxylation is 2. The van der Waals surface area contributed by atoms with Crippen molar-refractivity contribution in [3.05, 3.63) is 80.0 Å². The number of anilines is 1. The first-order valence-corrected chi connectivity index (χ1v) is 9.39. The average molecular weight is 407 g/mol. The van der Waals surface area contributed by atoms with Crippen molar-refractivity contribution < 1.29 is 0 Å². The van der Waals surface area contributed by atoms with Gasteiger partial charge in [0.1, 0.15) is 0 Å². The summed E-state index contributed by atoms with van der Waals surface area (Å²) in [6.07, 6.45) is 0. The molecule has 0 bridgehead atoms. The monoisotopic (exact) mass is 406 g/mol. The molecule has 146 valence electrons. The Morgan fingerprint density at radius 1 is 0.897 bits per heavy atom. The van der Waals surface area contributed by atoms with Crippen molar-refractivity contribution in [1.29, 1.82) is 0 Å². The predicted molar refractivity (Wildman–Crippen MR) is 117 cm³/mol. The van der Waals surface area contributed by atoms with Crippen LogP contribution < -0.4 is 17.0 Å². The van der Waals surface area contributed by atoms with Crippen LogP contribution in [0.25, 0.3) is 33.4 Å². The summed E-state index contributed by atoms with van der Waals surface area (Å²) in [6.45, 7) is 1.99. The van der Waals surface area contributed by atoms with Gasteiger partial charge in [0, 0.05) is 30.2 Å². The van der Waals surface area contributed by atoms with Crippen LogP contribution in [0, 0.1) is 6.92 Å². The van der Waals surface area contributed by atoms with E-state index in [0.29, 0.717) is 27.4 Å². The highest BCUT2D eigenvalue weighted by Crippen LogP contribution is 2.37. The van der Waals surface area contributed by atoms with E-state index in [1.54, 1.807) is 31.3 Å². The van der Waals surface area contributed by atoms with Crippen molar-refractivity contribution >= 4 is 28.3 Å². The number of fused-ring (bicyclic) bond motifs is 1. The highest BCUT2D eigenvalue weighted by molar-refractivity contribution is 6.30. The Balaban J connectivity index is 2.22. The lowest BCUT2D eigenvalue weighted by Gasteiger charge is -2.17. The number of rotatable bonds is 2. The summed E-state index contributed by atoms with van der Waals surface area (Å²) in [5.74, 6) is 0. The van der Waals surface area contributed by atoms with E-state index in [0.717, 1.165) is 21.3 Å². The van der Waals surface area contributed by atoms with Crippen LogP contribution in [-0.4, -0.2) is 14.1 Å². The van der Waals surface area contributed by atoms with Gasteiger partial charge in [-0.3, -0.25) is 13.9 Å². The van der Waals surface area contributed by atoms with Crippen molar-refractivity contribution in [2.24, 2.45) is 14.1 Å². The number of nitrogen functional groups attached to an aromatic ring is 1. The Bertz CT molecular complexity index is 1370. The molecule has 6 nitrogen and oxygen atoms in total. The van der Waals surface area contributed by atoms with Crippen LogP contribution in [0.2, 0.25) is 5.02 Å². The summed E-state index contributed by atoms with van der Waals surface area (Å²) in [5.41, 5.74) is 10.0. The lowest BCUT2D eigenvalue weighted by molar-refractivity contribution is 0.708. The SMILES string of the molecule is Cc1ccc(-c2nc3c(c(-c4ccc(Cl)cc4)c2N)c(=O)n(C)c(=O)n3C)cc1. The molecule has 0 radical (unpaired) electrons. The first-order valence-electron chi connectivity index (χ1n) is 9.01. The number of hydrogen-bond acceptors (Lipinski definition) is 4. The first kappa shape index (κ1) is 19.0. The van der Waals surface area contributed by atoms with E-state index >= 15 is 0 Å². The number of nitrogens with zero attached hydrogens (tertiary/aromatic N) is 3. The minimum atomic E-state index is -0.448. The Kier molecular flexibility index (Phi) is 4.51. The predicted octanol–water partition coefficient (Wildman–Crippen LogP) is 3.51. The molecule has 0 aliphatic rings. The fourth-order valence-corrected chi connectivity index (χ4v) is 3.58. The molecular weight excluding hydrogens is 388 g/mol. The standard InChI is InChI=1S/C22H19ClN4O2/c1-12-4-6-14(7-5-12)19-18(24)16(13-8-10-15(23)11-9-13)17-20(25-19)26(2)22(29)27(3)21(17)28/h4-11H,24H2,1-3H3. The molecule has 0 fully saturated rings. The normalized spacial score (nSPS) is 11.2. The van der Waals surface area contributed by atoms with Gasteiger partial charge in [0.2, 0.25) is 0 Å². The molecule has 0 unspecified atom stereocenters. The van der Waals surface area contributed by atoms with Crippen LogP contribution in [0.5, 0.6) is 0 Å². The second kappa shape index (κ2) is 6.90. The molecule has 2 aromatic carbocycles. The number of hydrogen-bond donors (Lipinski definition) is 1. The quantitative estimate of drug-likeness (QED) is 0.552. The second-order valence-corrected chi connectivity index (χ2v) is 7.46. The molecule has 0 saturated carbocycles. The van der Waals surface area contributed by atoms with Gasteiger partial charge >= 0.3 is 5.69 Å². The highest BCUT2D eigenvalue weighted by atomic mass is 35.5. The molecule has 2 heterocycles. The number of nitrogens with two attached hydrogens (primary N) is 1. The van der Waals surface area contributed by atoms with Crippen LogP contribution >= 0.6 is 11.6 Å². The largest absolute Gasteiger partial charge is 0.396 e. The third-order valence-electron chi connectivity index (χ3n) is 5.08. The maximum Gasteiger partial charge on any atom is 0.332 e. The van der Waals surface area contributed by atoms with Crippen LogP contribution in [0.15, 0.2) is 58.1 Å². The minimum absolute atomic E-state index is 0.285. The number of halogens is 1. The molecule has 4 aromatic rings. The van der Waals surface area contributed by atoms with E-state index in [-0.39, 0.29) is 5.65 Å². The first-order chi connectivity index (χ1) is 13.8. The molecule has 2 aromatic heterocycles. The van der Waals surface area contributed by atoms with Crippen LogP contribution in [-0.2, 0) is 14.1 Å². The molecule has 2 N–H and O–H groups in total. The van der Waals surface area contributed by atoms with E-state index < -0.39 is 11.2 Å². The van der Waals surface area contributed by atoms with Gasteiger partial charge in [0.05, 0.1) is 16.8 Å². The highest BCUT2D eigenvalue weighted by Gasteiger charge is 2.21.